The molecule has 0 aromatic heterocycles. The Morgan fingerprint density at radius 2 is 1.68 bits per heavy atom. The van der Waals surface area contributed by atoms with Crippen molar-refractivity contribution in [2.45, 2.75) is 12.8 Å². The maximum Gasteiger partial charge on any atom is 0.123 e. The second kappa shape index (κ2) is 6.83. The fourth-order valence-electron chi connectivity index (χ4n) is 2.15. The van der Waals surface area contributed by atoms with Gasteiger partial charge in [-0.25, -0.2) is 4.39 Å². The Morgan fingerprint density at radius 1 is 1.00 bits per heavy atom. The van der Waals surface area contributed by atoms with Gasteiger partial charge in [-0.3, -0.25) is 0 Å². The minimum absolute atomic E-state index is 0.104. The summed E-state index contributed by atoms with van der Waals surface area (Å²) in [6.07, 6.45) is 1.48. The highest BCUT2D eigenvalue weighted by Gasteiger charge is 2.10. The molecule has 0 amide bonds. The predicted molar refractivity (Wildman–Crippen MR) is 78.5 cm³/mol. The average molecular weight is 323 g/mol. The van der Waals surface area contributed by atoms with E-state index in [9.17, 15) is 9.50 Å². The lowest BCUT2D eigenvalue weighted by atomic mass is 9.93. The Morgan fingerprint density at radius 3 is 2.32 bits per heavy atom. The molecule has 1 atom stereocenters. The topological polar surface area (TPSA) is 20.2 Å². The fraction of sp³-hybridized carbons (Fsp3) is 0.250. The molecule has 0 heterocycles. The van der Waals surface area contributed by atoms with Crippen LogP contribution in [0.4, 0.5) is 4.39 Å². The number of aliphatic hydroxyl groups excluding tert-OH is 1. The zero-order valence-corrected chi connectivity index (χ0v) is 12.1. The van der Waals surface area contributed by atoms with Crippen molar-refractivity contribution in [2.24, 2.45) is 5.92 Å². The lowest BCUT2D eigenvalue weighted by molar-refractivity contribution is 0.225. The highest BCUT2D eigenvalue weighted by atomic mass is 79.9. The Kier molecular flexibility index (Phi) is 5.11. The molecule has 0 fully saturated rings. The zero-order chi connectivity index (χ0) is 13.7. The smallest absolute Gasteiger partial charge is 0.123 e. The van der Waals surface area contributed by atoms with Gasteiger partial charge in [0.2, 0.25) is 0 Å². The molecule has 0 aliphatic carbocycles. The van der Waals surface area contributed by atoms with Crippen molar-refractivity contribution < 1.29 is 9.50 Å². The minimum atomic E-state index is -0.224. The van der Waals surface area contributed by atoms with Crippen molar-refractivity contribution in [1.29, 1.82) is 0 Å². The SMILES string of the molecule is OCC(Cc1ccc(Br)cc1)Cc1cccc(F)c1. The molecule has 0 saturated heterocycles. The van der Waals surface area contributed by atoms with Gasteiger partial charge >= 0.3 is 0 Å². The molecule has 0 bridgehead atoms. The maximum absolute atomic E-state index is 13.1. The van der Waals surface area contributed by atoms with Crippen LogP contribution in [0.2, 0.25) is 0 Å². The van der Waals surface area contributed by atoms with E-state index in [1.807, 2.05) is 30.3 Å². The van der Waals surface area contributed by atoms with Crippen molar-refractivity contribution in [3.05, 3.63) is 69.9 Å². The standard InChI is InChI=1S/C16H16BrFO/c17-15-6-4-12(5-7-15)8-14(11-19)9-13-2-1-3-16(18)10-13/h1-7,10,14,19H,8-9,11H2. The van der Waals surface area contributed by atoms with Gasteiger partial charge in [0.05, 0.1) is 0 Å². The van der Waals surface area contributed by atoms with Gasteiger partial charge in [-0.15, -0.1) is 0 Å². The van der Waals surface area contributed by atoms with Crippen molar-refractivity contribution in [3.63, 3.8) is 0 Å². The molecule has 19 heavy (non-hydrogen) atoms. The van der Waals surface area contributed by atoms with Gasteiger partial charge in [0, 0.05) is 11.1 Å². The molecule has 0 aliphatic rings. The van der Waals surface area contributed by atoms with Gasteiger partial charge in [0.15, 0.2) is 0 Å². The van der Waals surface area contributed by atoms with Crippen molar-refractivity contribution in [2.75, 3.05) is 6.61 Å². The molecule has 0 spiro atoms. The molecule has 1 N–H and O–H groups in total. The van der Waals surface area contributed by atoms with Crippen molar-refractivity contribution in [3.8, 4) is 0 Å². The van der Waals surface area contributed by atoms with E-state index in [1.165, 1.54) is 17.7 Å². The summed E-state index contributed by atoms with van der Waals surface area (Å²) >= 11 is 3.40. The van der Waals surface area contributed by atoms with E-state index < -0.39 is 0 Å². The molecule has 100 valence electrons. The molecule has 2 aromatic rings. The lowest BCUT2D eigenvalue weighted by Crippen LogP contribution is -2.13. The molecule has 1 nitrogen and oxygen atoms in total. The minimum Gasteiger partial charge on any atom is -0.396 e. The van der Waals surface area contributed by atoms with Crippen LogP contribution in [0.25, 0.3) is 0 Å². The molecule has 0 saturated carbocycles. The number of halogens is 2. The van der Waals surface area contributed by atoms with E-state index in [2.05, 4.69) is 15.9 Å². The van der Waals surface area contributed by atoms with Gasteiger partial charge in [-0.1, -0.05) is 40.2 Å². The Bertz CT molecular complexity index is 525. The van der Waals surface area contributed by atoms with E-state index in [0.29, 0.717) is 6.42 Å². The summed E-state index contributed by atoms with van der Waals surface area (Å²) in [7, 11) is 0. The number of benzene rings is 2. The van der Waals surface area contributed by atoms with Gasteiger partial charge in [-0.2, -0.15) is 0 Å². The van der Waals surface area contributed by atoms with Gasteiger partial charge in [-0.05, 0) is 54.2 Å². The Labute approximate surface area is 121 Å². The van der Waals surface area contributed by atoms with Crippen LogP contribution in [0.3, 0.4) is 0 Å². The number of rotatable bonds is 5. The highest BCUT2D eigenvalue weighted by Crippen LogP contribution is 2.17. The van der Waals surface area contributed by atoms with Crippen LogP contribution in [-0.4, -0.2) is 11.7 Å². The average Bonchev–Trinajstić information content (AvgIpc) is 2.40. The second-order valence-electron chi connectivity index (χ2n) is 4.71. The Balaban J connectivity index is 2.02. The fourth-order valence-corrected chi connectivity index (χ4v) is 2.42. The normalized spacial score (nSPS) is 12.4. The van der Waals surface area contributed by atoms with E-state index in [0.717, 1.165) is 16.5 Å². The van der Waals surface area contributed by atoms with Crippen LogP contribution in [0.15, 0.2) is 53.0 Å². The molecule has 2 aromatic carbocycles. The predicted octanol–water partition coefficient (Wildman–Crippen LogP) is 3.98. The largest absolute Gasteiger partial charge is 0.396 e. The van der Waals surface area contributed by atoms with Gasteiger partial charge < -0.3 is 5.11 Å². The summed E-state index contributed by atoms with van der Waals surface area (Å²) in [6, 6.07) is 14.6. The molecular weight excluding hydrogens is 307 g/mol. The van der Waals surface area contributed by atoms with Crippen molar-refractivity contribution >= 4 is 15.9 Å². The van der Waals surface area contributed by atoms with E-state index in [1.54, 1.807) is 6.07 Å². The van der Waals surface area contributed by atoms with Crippen LogP contribution in [-0.2, 0) is 12.8 Å². The molecule has 2 rings (SSSR count). The zero-order valence-electron chi connectivity index (χ0n) is 10.5. The van der Waals surface area contributed by atoms with Gasteiger partial charge in [0.25, 0.3) is 0 Å². The first kappa shape index (κ1) is 14.2. The van der Waals surface area contributed by atoms with Gasteiger partial charge in [0.1, 0.15) is 5.82 Å². The van der Waals surface area contributed by atoms with E-state index in [-0.39, 0.29) is 18.3 Å². The summed E-state index contributed by atoms with van der Waals surface area (Å²) < 4.78 is 14.2. The third kappa shape index (κ3) is 4.44. The van der Waals surface area contributed by atoms with E-state index in [4.69, 9.17) is 0 Å². The molecule has 3 heteroatoms. The summed E-state index contributed by atoms with van der Waals surface area (Å²) in [5.74, 6) is -0.110. The third-order valence-corrected chi connectivity index (χ3v) is 3.64. The number of hydrogen-bond acceptors (Lipinski definition) is 1. The van der Waals surface area contributed by atoms with Crippen LogP contribution in [0.1, 0.15) is 11.1 Å². The van der Waals surface area contributed by atoms with E-state index >= 15 is 0 Å². The molecule has 0 aliphatic heterocycles. The number of hydrogen-bond donors (Lipinski definition) is 1. The summed E-state index contributed by atoms with van der Waals surface area (Å²) in [4.78, 5) is 0. The van der Waals surface area contributed by atoms with Crippen LogP contribution >= 0.6 is 15.9 Å². The van der Waals surface area contributed by atoms with Crippen molar-refractivity contribution in [1.82, 2.24) is 0 Å². The number of aliphatic hydroxyl groups is 1. The maximum atomic E-state index is 13.1. The van der Waals surface area contributed by atoms with Crippen LogP contribution < -0.4 is 0 Å². The first-order chi connectivity index (χ1) is 9.17. The highest BCUT2D eigenvalue weighted by molar-refractivity contribution is 9.10. The summed E-state index contributed by atoms with van der Waals surface area (Å²) in [6.45, 7) is 0.104. The third-order valence-electron chi connectivity index (χ3n) is 3.11. The molecule has 0 radical (unpaired) electrons. The first-order valence-electron chi connectivity index (χ1n) is 6.27. The first-order valence-corrected chi connectivity index (χ1v) is 7.06. The molecular formula is C16H16BrFO. The molecule has 1 unspecified atom stereocenters. The van der Waals surface area contributed by atoms with Crippen LogP contribution in [0.5, 0.6) is 0 Å². The lowest BCUT2D eigenvalue weighted by Gasteiger charge is -2.14. The monoisotopic (exact) mass is 322 g/mol. The van der Waals surface area contributed by atoms with Crippen LogP contribution in [0, 0.1) is 11.7 Å². The summed E-state index contributed by atoms with van der Waals surface area (Å²) in [5.41, 5.74) is 2.11. The summed E-state index contributed by atoms with van der Waals surface area (Å²) in [5, 5.41) is 9.47. The Hall–Kier alpha value is -1.19. The second-order valence-corrected chi connectivity index (χ2v) is 5.63. The quantitative estimate of drug-likeness (QED) is 0.882.